The van der Waals surface area contributed by atoms with E-state index in [0.29, 0.717) is 23.7 Å². The van der Waals surface area contributed by atoms with Crippen LogP contribution < -0.4 is 10.1 Å². The first-order valence-corrected chi connectivity index (χ1v) is 7.09. The van der Waals surface area contributed by atoms with Crippen LogP contribution in [-0.2, 0) is 13.1 Å². The van der Waals surface area contributed by atoms with Gasteiger partial charge in [0, 0.05) is 34.7 Å². The molecule has 1 N–H and O–H groups in total. The quantitative estimate of drug-likeness (QED) is 0.874. The van der Waals surface area contributed by atoms with Crippen LogP contribution in [0.25, 0.3) is 0 Å². The third kappa shape index (κ3) is 4.40. The normalized spacial score (nSPS) is 11.1. The molecular weight excluding hydrogens is 306 g/mol. The lowest BCUT2D eigenvalue weighted by molar-refractivity contribution is -0.0505. The van der Waals surface area contributed by atoms with Crippen molar-refractivity contribution in [1.82, 2.24) is 10.3 Å². The van der Waals surface area contributed by atoms with Gasteiger partial charge in [0.1, 0.15) is 10.8 Å². The molecule has 0 fully saturated rings. The van der Waals surface area contributed by atoms with E-state index >= 15 is 0 Å². The summed E-state index contributed by atoms with van der Waals surface area (Å²) in [5.41, 5.74) is 0.589. The lowest BCUT2D eigenvalue weighted by atomic mass is 10.2. The molecule has 1 aromatic heterocycles. The van der Waals surface area contributed by atoms with Crippen LogP contribution in [0.15, 0.2) is 24.4 Å². The molecule has 3 nitrogen and oxygen atoms in total. The number of halogens is 3. The Bertz CT molecular complexity index is 577. The number of benzene rings is 1. The molecule has 0 radical (unpaired) electrons. The minimum atomic E-state index is -2.85. The molecule has 0 atom stereocenters. The number of hydrogen-bond acceptors (Lipinski definition) is 4. The van der Waals surface area contributed by atoms with Crippen molar-refractivity contribution in [3.8, 4) is 5.75 Å². The number of alkyl halides is 2. The van der Waals surface area contributed by atoms with Crippen LogP contribution in [0.2, 0.25) is 5.02 Å². The lowest BCUT2D eigenvalue weighted by Crippen LogP contribution is -2.14. The summed E-state index contributed by atoms with van der Waals surface area (Å²) in [7, 11) is 0. The predicted molar refractivity (Wildman–Crippen MR) is 75.5 cm³/mol. The van der Waals surface area contributed by atoms with Gasteiger partial charge in [-0.1, -0.05) is 11.6 Å². The number of thiazole rings is 1. The fourth-order valence-electron chi connectivity index (χ4n) is 1.68. The van der Waals surface area contributed by atoms with Crippen LogP contribution in [0.1, 0.15) is 15.4 Å². The number of aryl methyl sites for hydroxylation is 1. The maximum absolute atomic E-state index is 12.3. The third-order valence-electron chi connectivity index (χ3n) is 2.50. The number of ether oxygens (including phenoxy) is 1. The second-order valence-corrected chi connectivity index (χ2v) is 5.85. The molecule has 2 aromatic rings. The van der Waals surface area contributed by atoms with Crippen molar-refractivity contribution in [2.75, 3.05) is 0 Å². The number of rotatable bonds is 6. The van der Waals surface area contributed by atoms with Gasteiger partial charge in [0.05, 0.1) is 0 Å². The Kier molecular flexibility index (Phi) is 5.28. The highest BCUT2D eigenvalue weighted by Crippen LogP contribution is 2.24. The fourth-order valence-corrected chi connectivity index (χ4v) is 2.64. The highest BCUT2D eigenvalue weighted by atomic mass is 35.5. The van der Waals surface area contributed by atoms with Gasteiger partial charge in [0.25, 0.3) is 0 Å². The Morgan fingerprint density at radius 3 is 2.85 bits per heavy atom. The Labute approximate surface area is 124 Å². The highest BCUT2D eigenvalue weighted by Gasteiger charge is 2.10. The predicted octanol–water partition coefficient (Wildman–Crippen LogP) is 4.00. The number of nitrogens with one attached hydrogen (secondary N) is 1. The van der Waals surface area contributed by atoms with Crippen LogP contribution >= 0.6 is 22.9 Å². The first-order valence-electron chi connectivity index (χ1n) is 5.90. The van der Waals surface area contributed by atoms with E-state index in [0.717, 1.165) is 9.88 Å². The Morgan fingerprint density at radius 1 is 1.40 bits per heavy atom. The summed E-state index contributed by atoms with van der Waals surface area (Å²) in [4.78, 5) is 5.34. The summed E-state index contributed by atoms with van der Waals surface area (Å²) in [6.07, 6.45) is 1.80. The number of aromatic nitrogens is 1. The molecule has 1 heterocycles. The molecule has 0 amide bonds. The molecule has 20 heavy (non-hydrogen) atoms. The van der Waals surface area contributed by atoms with Gasteiger partial charge in [-0.05, 0) is 25.1 Å². The molecule has 108 valence electrons. The maximum Gasteiger partial charge on any atom is 0.387 e. The minimum Gasteiger partial charge on any atom is -0.434 e. The van der Waals surface area contributed by atoms with E-state index in [1.807, 2.05) is 6.92 Å². The van der Waals surface area contributed by atoms with Crippen molar-refractivity contribution in [3.63, 3.8) is 0 Å². The molecule has 0 aliphatic carbocycles. The molecule has 7 heteroatoms. The van der Waals surface area contributed by atoms with E-state index < -0.39 is 6.61 Å². The SMILES string of the molecule is Cc1cnc(CNCc2cc(Cl)ccc2OC(F)F)s1. The number of nitrogens with zero attached hydrogens (tertiary/aromatic N) is 1. The maximum atomic E-state index is 12.3. The van der Waals surface area contributed by atoms with Gasteiger partial charge in [-0.25, -0.2) is 4.98 Å². The van der Waals surface area contributed by atoms with Crippen LogP contribution in [0, 0.1) is 6.92 Å². The smallest absolute Gasteiger partial charge is 0.387 e. The molecule has 0 aliphatic heterocycles. The van der Waals surface area contributed by atoms with Crippen LogP contribution in [0.4, 0.5) is 8.78 Å². The van der Waals surface area contributed by atoms with Crippen molar-refractivity contribution >= 4 is 22.9 Å². The second kappa shape index (κ2) is 6.97. The van der Waals surface area contributed by atoms with Crippen molar-refractivity contribution in [1.29, 1.82) is 0 Å². The Hall–Kier alpha value is -1.24. The highest BCUT2D eigenvalue weighted by molar-refractivity contribution is 7.11. The summed E-state index contributed by atoms with van der Waals surface area (Å²) in [5.74, 6) is 0.132. The second-order valence-electron chi connectivity index (χ2n) is 4.10. The number of hydrogen-bond donors (Lipinski definition) is 1. The van der Waals surface area contributed by atoms with Gasteiger partial charge in [-0.3, -0.25) is 0 Å². The van der Waals surface area contributed by atoms with E-state index in [4.69, 9.17) is 11.6 Å². The summed E-state index contributed by atoms with van der Waals surface area (Å²) >= 11 is 7.46. The van der Waals surface area contributed by atoms with Crippen LogP contribution in [0.3, 0.4) is 0 Å². The van der Waals surface area contributed by atoms with Crippen molar-refractivity contribution in [3.05, 3.63) is 44.9 Å². The third-order valence-corrected chi connectivity index (χ3v) is 3.65. The van der Waals surface area contributed by atoms with Crippen molar-refractivity contribution < 1.29 is 13.5 Å². The molecule has 0 unspecified atom stereocenters. The topological polar surface area (TPSA) is 34.2 Å². The average Bonchev–Trinajstić information content (AvgIpc) is 2.78. The van der Waals surface area contributed by atoms with Gasteiger partial charge in [0.2, 0.25) is 0 Å². The van der Waals surface area contributed by atoms with E-state index in [1.165, 1.54) is 12.1 Å². The molecule has 1 aromatic carbocycles. The van der Waals surface area contributed by atoms with E-state index in [-0.39, 0.29) is 5.75 Å². The molecule has 0 saturated heterocycles. The van der Waals surface area contributed by atoms with Gasteiger partial charge in [-0.2, -0.15) is 8.78 Å². The molecule has 0 saturated carbocycles. The van der Waals surface area contributed by atoms with Crippen molar-refractivity contribution in [2.45, 2.75) is 26.6 Å². The summed E-state index contributed by atoms with van der Waals surface area (Å²) in [5, 5.41) is 4.56. The summed E-state index contributed by atoms with van der Waals surface area (Å²) in [6.45, 7) is 0.0733. The molecule has 2 rings (SSSR count). The zero-order chi connectivity index (χ0) is 14.5. The molecular formula is C13H13ClF2N2OS. The Balaban J connectivity index is 1.98. The van der Waals surface area contributed by atoms with Crippen molar-refractivity contribution in [2.24, 2.45) is 0 Å². The summed E-state index contributed by atoms with van der Waals surface area (Å²) < 4.78 is 29.1. The first kappa shape index (κ1) is 15.2. The Morgan fingerprint density at radius 2 is 2.20 bits per heavy atom. The summed E-state index contributed by atoms with van der Waals surface area (Å²) in [6, 6.07) is 4.57. The zero-order valence-electron chi connectivity index (χ0n) is 10.7. The zero-order valence-corrected chi connectivity index (χ0v) is 12.3. The average molecular weight is 319 g/mol. The van der Waals surface area contributed by atoms with Crippen LogP contribution in [0.5, 0.6) is 5.75 Å². The largest absolute Gasteiger partial charge is 0.434 e. The monoisotopic (exact) mass is 318 g/mol. The fraction of sp³-hybridized carbons (Fsp3) is 0.308. The van der Waals surface area contributed by atoms with Gasteiger partial charge >= 0.3 is 6.61 Å². The lowest BCUT2D eigenvalue weighted by Gasteiger charge is -2.11. The standard InChI is InChI=1S/C13H13ClF2N2OS/c1-8-5-18-12(20-8)7-17-6-9-4-10(14)2-3-11(9)19-13(15)16/h2-5,13,17H,6-7H2,1H3. The first-order chi connectivity index (χ1) is 9.54. The van der Waals surface area contributed by atoms with Gasteiger partial charge in [-0.15, -0.1) is 11.3 Å². The minimum absolute atomic E-state index is 0.132. The molecule has 0 aliphatic rings. The van der Waals surface area contributed by atoms with E-state index in [9.17, 15) is 8.78 Å². The van der Waals surface area contributed by atoms with Gasteiger partial charge in [0.15, 0.2) is 0 Å². The van der Waals surface area contributed by atoms with Crippen LogP contribution in [-0.4, -0.2) is 11.6 Å². The van der Waals surface area contributed by atoms with E-state index in [1.54, 1.807) is 23.6 Å². The molecule has 0 spiro atoms. The molecule has 0 bridgehead atoms. The van der Waals surface area contributed by atoms with Gasteiger partial charge < -0.3 is 10.1 Å². The van der Waals surface area contributed by atoms with E-state index in [2.05, 4.69) is 15.0 Å².